The van der Waals surface area contributed by atoms with E-state index in [4.69, 9.17) is 4.74 Å². The van der Waals surface area contributed by atoms with Crippen LogP contribution in [0.15, 0.2) is 97.2 Å². The molecular weight excluding hydrogens is 508 g/mol. The van der Waals surface area contributed by atoms with Crippen molar-refractivity contribution in [3.8, 4) is 5.75 Å². The van der Waals surface area contributed by atoms with Gasteiger partial charge in [-0.05, 0) is 80.3 Å². The van der Waals surface area contributed by atoms with Crippen molar-refractivity contribution in [3.05, 3.63) is 103 Å². The van der Waals surface area contributed by atoms with Crippen LogP contribution in [-0.2, 0) is 9.59 Å². The van der Waals surface area contributed by atoms with Crippen LogP contribution in [0.4, 0.5) is 0 Å². The van der Waals surface area contributed by atoms with Crippen molar-refractivity contribution in [1.82, 2.24) is 10.6 Å². The van der Waals surface area contributed by atoms with Crippen LogP contribution in [0.5, 0.6) is 5.75 Å². The highest BCUT2D eigenvalue weighted by Crippen LogP contribution is 2.25. The van der Waals surface area contributed by atoms with E-state index >= 15 is 0 Å². The minimum Gasteiger partial charge on any atom is -0.497 e. The number of carbonyl (C=O) groups excluding carboxylic acids is 2. The van der Waals surface area contributed by atoms with E-state index in [2.05, 4.69) is 78.3 Å². The minimum atomic E-state index is -0.277. The van der Waals surface area contributed by atoms with Crippen molar-refractivity contribution in [3.63, 3.8) is 0 Å². The SMILES string of the molecule is CC/C=C\C/C=C\CC=CC/C=C\C/C=C\CCCC(=O)NCCNC(=O)[C@@H](C)c1ccc2cc(OC)ccc2c1. The Labute approximate surface area is 247 Å². The molecule has 0 spiro atoms. The van der Waals surface area contributed by atoms with Crippen LogP contribution in [0.1, 0.15) is 76.7 Å². The third kappa shape index (κ3) is 14.4. The molecule has 0 bridgehead atoms. The number of methoxy groups -OCH3 is 1. The first-order valence-electron chi connectivity index (χ1n) is 14.9. The molecule has 2 N–H and O–H groups in total. The van der Waals surface area contributed by atoms with Crippen molar-refractivity contribution in [1.29, 1.82) is 0 Å². The van der Waals surface area contributed by atoms with Crippen LogP contribution >= 0.6 is 0 Å². The molecule has 0 fully saturated rings. The number of fused-ring (bicyclic) bond motifs is 1. The van der Waals surface area contributed by atoms with Gasteiger partial charge in [-0.2, -0.15) is 0 Å². The second kappa shape index (κ2) is 21.0. The lowest BCUT2D eigenvalue weighted by molar-refractivity contribution is -0.123. The lowest BCUT2D eigenvalue weighted by Gasteiger charge is -2.14. The van der Waals surface area contributed by atoms with Crippen molar-refractivity contribution in [2.24, 2.45) is 0 Å². The van der Waals surface area contributed by atoms with Gasteiger partial charge in [-0.3, -0.25) is 9.59 Å². The zero-order valence-electron chi connectivity index (χ0n) is 25.1. The quantitative estimate of drug-likeness (QED) is 0.136. The average Bonchev–Trinajstić information content (AvgIpc) is 2.99. The summed E-state index contributed by atoms with van der Waals surface area (Å²) in [6, 6.07) is 11.9. The summed E-state index contributed by atoms with van der Waals surface area (Å²) < 4.78 is 5.28. The van der Waals surface area contributed by atoms with Crippen LogP contribution < -0.4 is 15.4 Å². The van der Waals surface area contributed by atoms with Crippen LogP contribution in [0, 0.1) is 0 Å². The summed E-state index contributed by atoms with van der Waals surface area (Å²) >= 11 is 0. The zero-order valence-corrected chi connectivity index (χ0v) is 25.1. The number of ether oxygens (including phenoxy) is 1. The fraction of sp³-hybridized carbons (Fsp3) is 0.389. The fourth-order valence-electron chi connectivity index (χ4n) is 4.17. The molecule has 2 amide bonds. The molecule has 0 aliphatic rings. The van der Waals surface area contributed by atoms with Crippen LogP contribution in [0.25, 0.3) is 10.8 Å². The summed E-state index contributed by atoms with van der Waals surface area (Å²) in [6.45, 7) is 4.88. The maximum atomic E-state index is 12.6. The number of carbonyl (C=O) groups is 2. The van der Waals surface area contributed by atoms with Gasteiger partial charge in [0.05, 0.1) is 13.0 Å². The maximum absolute atomic E-state index is 12.6. The molecule has 0 saturated heterocycles. The number of allylic oxidation sites excluding steroid dienone is 10. The Morgan fingerprint density at radius 1 is 0.756 bits per heavy atom. The first kappa shape index (κ1) is 33.3. The van der Waals surface area contributed by atoms with E-state index in [0.29, 0.717) is 19.5 Å². The van der Waals surface area contributed by atoms with E-state index in [-0.39, 0.29) is 17.7 Å². The fourth-order valence-corrected chi connectivity index (χ4v) is 4.17. The molecule has 0 saturated carbocycles. The molecule has 2 aromatic carbocycles. The standard InChI is InChI=1S/C36H48N2O3/c1-4-5-6-7-8-9-10-11-12-13-14-15-16-17-18-19-20-21-35(39)37-26-27-38-36(40)30(2)31-22-23-33-29-34(41-3)25-24-32(33)28-31/h5-6,8-9,11-12,14-15,17-18,22-25,28-30H,4,7,10,13,16,19-21,26-27H2,1-3H3,(H,37,39)(H,38,40)/b6-5-,9-8-,12-11?,15-14-,18-17-/t30-/m0/s1. The Morgan fingerprint density at radius 2 is 1.32 bits per heavy atom. The molecule has 0 unspecified atom stereocenters. The second-order valence-electron chi connectivity index (χ2n) is 9.94. The third-order valence-electron chi connectivity index (χ3n) is 6.64. The van der Waals surface area contributed by atoms with Crippen molar-refractivity contribution in [2.45, 2.75) is 71.1 Å². The molecule has 0 heterocycles. The molecule has 2 rings (SSSR count). The molecule has 0 aliphatic carbocycles. The molecule has 2 aromatic rings. The minimum absolute atomic E-state index is 0.0182. The number of rotatable bonds is 19. The smallest absolute Gasteiger partial charge is 0.227 e. The lowest BCUT2D eigenvalue weighted by atomic mass is 9.97. The largest absolute Gasteiger partial charge is 0.497 e. The molecule has 41 heavy (non-hydrogen) atoms. The number of hydrogen-bond acceptors (Lipinski definition) is 3. The van der Waals surface area contributed by atoms with Gasteiger partial charge in [0.2, 0.25) is 11.8 Å². The van der Waals surface area contributed by atoms with Gasteiger partial charge in [0.1, 0.15) is 5.75 Å². The van der Waals surface area contributed by atoms with E-state index < -0.39 is 0 Å². The molecule has 0 aromatic heterocycles. The van der Waals surface area contributed by atoms with E-state index in [0.717, 1.165) is 67.0 Å². The lowest BCUT2D eigenvalue weighted by Crippen LogP contribution is -2.36. The van der Waals surface area contributed by atoms with Gasteiger partial charge >= 0.3 is 0 Å². The van der Waals surface area contributed by atoms with Gasteiger partial charge in [-0.15, -0.1) is 0 Å². The van der Waals surface area contributed by atoms with E-state index in [1.54, 1.807) is 7.11 Å². The van der Waals surface area contributed by atoms with Gasteiger partial charge < -0.3 is 15.4 Å². The summed E-state index contributed by atoms with van der Waals surface area (Å²) in [6.07, 6.45) is 29.0. The van der Waals surface area contributed by atoms with E-state index in [9.17, 15) is 9.59 Å². The summed E-state index contributed by atoms with van der Waals surface area (Å²) in [5.74, 6) is 0.503. The summed E-state index contributed by atoms with van der Waals surface area (Å²) in [5.41, 5.74) is 0.958. The number of unbranched alkanes of at least 4 members (excludes halogenated alkanes) is 1. The predicted molar refractivity (Wildman–Crippen MR) is 173 cm³/mol. The molecular formula is C36H48N2O3. The highest BCUT2D eigenvalue weighted by Gasteiger charge is 2.15. The Morgan fingerprint density at radius 3 is 1.95 bits per heavy atom. The van der Waals surface area contributed by atoms with Gasteiger partial charge in [0, 0.05) is 19.5 Å². The summed E-state index contributed by atoms with van der Waals surface area (Å²) in [7, 11) is 1.65. The highest BCUT2D eigenvalue weighted by atomic mass is 16.5. The molecule has 5 heteroatoms. The zero-order chi connectivity index (χ0) is 29.5. The summed E-state index contributed by atoms with van der Waals surface area (Å²) in [5, 5.41) is 7.96. The Bertz CT molecular complexity index is 1210. The topological polar surface area (TPSA) is 67.4 Å². The van der Waals surface area contributed by atoms with Crippen molar-refractivity contribution in [2.75, 3.05) is 20.2 Å². The van der Waals surface area contributed by atoms with Crippen LogP contribution in [0.3, 0.4) is 0 Å². The van der Waals surface area contributed by atoms with E-state index in [1.807, 2.05) is 43.3 Å². The molecule has 220 valence electrons. The third-order valence-corrected chi connectivity index (χ3v) is 6.64. The average molecular weight is 557 g/mol. The van der Waals surface area contributed by atoms with Crippen molar-refractivity contribution >= 4 is 22.6 Å². The highest BCUT2D eigenvalue weighted by molar-refractivity contribution is 5.88. The van der Waals surface area contributed by atoms with Gasteiger partial charge in [-0.25, -0.2) is 0 Å². The second-order valence-corrected chi connectivity index (χ2v) is 9.94. The van der Waals surface area contributed by atoms with Crippen molar-refractivity contribution < 1.29 is 14.3 Å². The van der Waals surface area contributed by atoms with Crippen LogP contribution in [-0.4, -0.2) is 32.0 Å². The number of amides is 2. The normalized spacial score (nSPS) is 12.9. The number of nitrogens with one attached hydrogen (secondary N) is 2. The van der Waals surface area contributed by atoms with Gasteiger partial charge in [0.25, 0.3) is 0 Å². The van der Waals surface area contributed by atoms with Crippen LogP contribution in [0.2, 0.25) is 0 Å². The molecule has 5 nitrogen and oxygen atoms in total. The number of benzene rings is 2. The monoisotopic (exact) mass is 556 g/mol. The number of hydrogen-bond donors (Lipinski definition) is 2. The van der Waals surface area contributed by atoms with Gasteiger partial charge in [-0.1, -0.05) is 91.9 Å². The van der Waals surface area contributed by atoms with Gasteiger partial charge in [0.15, 0.2) is 0 Å². The van der Waals surface area contributed by atoms with E-state index in [1.165, 1.54) is 0 Å². The first-order valence-corrected chi connectivity index (χ1v) is 14.9. The predicted octanol–water partition coefficient (Wildman–Crippen LogP) is 8.11. The molecule has 0 radical (unpaired) electrons. The Hall–Kier alpha value is -3.86. The Balaban J connectivity index is 1.50. The first-order chi connectivity index (χ1) is 20.0. The Kier molecular flexibility index (Phi) is 17.0. The maximum Gasteiger partial charge on any atom is 0.227 e. The molecule has 1 atom stereocenters. The molecule has 0 aliphatic heterocycles. The summed E-state index contributed by atoms with van der Waals surface area (Å²) in [4.78, 5) is 24.7.